The van der Waals surface area contributed by atoms with Gasteiger partial charge in [-0.15, -0.1) is 0 Å². The number of nitrogens with one attached hydrogen (secondary N) is 1. The molecule has 0 saturated carbocycles. The lowest BCUT2D eigenvalue weighted by atomic mass is 10.0. The second kappa shape index (κ2) is 7.22. The summed E-state index contributed by atoms with van der Waals surface area (Å²) in [6, 6.07) is 12.2. The zero-order valence-electron chi connectivity index (χ0n) is 12.2. The molecule has 0 aliphatic carbocycles. The summed E-state index contributed by atoms with van der Waals surface area (Å²) in [5.74, 6) is 0.571. The Hall–Kier alpha value is -1.65. The van der Waals surface area contributed by atoms with E-state index in [4.69, 9.17) is 0 Å². The van der Waals surface area contributed by atoms with Crippen molar-refractivity contribution in [3.05, 3.63) is 48.3 Å². The molecule has 0 bridgehead atoms. The third-order valence-electron chi connectivity index (χ3n) is 3.21. The first-order valence-electron chi connectivity index (χ1n) is 7.13. The van der Waals surface area contributed by atoms with E-state index in [2.05, 4.69) is 24.3 Å². The van der Waals surface area contributed by atoms with Gasteiger partial charge in [0.2, 0.25) is 0 Å². The molecule has 1 unspecified atom stereocenters. The zero-order valence-corrected chi connectivity index (χ0v) is 12.2. The Morgan fingerprint density at radius 2 is 1.95 bits per heavy atom. The maximum atomic E-state index is 9.35. The van der Waals surface area contributed by atoms with Crippen molar-refractivity contribution in [3.63, 3.8) is 0 Å². The summed E-state index contributed by atoms with van der Waals surface area (Å²) in [5.41, 5.74) is 2.04. The van der Waals surface area contributed by atoms with Gasteiger partial charge < -0.3 is 10.4 Å². The average Bonchev–Trinajstić information content (AvgIpc) is 2.93. The third-order valence-corrected chi connectivity index (χ3v) is 3.21. The van der Waals surface area contributed by atoms with Gasteiger partial charge in [-0.1, -0.05) is 32.0 Å². The summed E-state index contributed by atoms with van der Waals surface area (Å²) >= 11 is 0. The van der Waals surface area contributed by atoms with Gasteiger partial charge in [-0.3, -0.25) is 0 Å². The van der Waals surface area contributed by atoms with Crippen LogP contribution in [0.5, 0.6) is 0 Å². The summed E-state index contributed by atoms with van der Waals surface area (Å²) in [6.45, 7) is 5.16. The SMILES string of the molecule is CC(C)CC(CO)NCc1ccn(-c2ccccc2)n1. The minimum absolute atomic E-state index is 0.136. The Kier molecular flexibility index (Phi) is 5.32. The van der Waals surface area contributed by atoms with Crippen molar-refractivity contribution in [2.75, 3.05) is 6.61 Å². The van der Waals surface area contributed by atoms with E-state index in [9.17, 15) is 5.11 Å². The quantitative estimate of drug-likeness (QED) is 0.814. The van der Waals surface area contributed by atoms with Crippen molar-refractivity contribution in [2.45, 2.75) is 32.9 Å². The predicted octanol–water partition coefficient (Wildman–Crippen LogP) is 2.37. The smallest absolute Gasteiger partial charge is 0.0766 e. The highest BCUT2D eigenvalue weighted by atomic mass is 16.3. The number of rotatable bonds is 7. The lowest BCUT2D eigenvalue weighted by Gasteiger charge is -2.17. The maximum absolute atomic E-state index is 9.35. The lowest BCUT2D eigenvalue weighted by molar-refractivity contribution is 0.223. The van der Waals surface area contributed by atoms with Gasteiger partial charge >= 0.3 is 0 Å². The van der Waals surface area contributed by atoms with Crippen LogP contribution in [0.2, 0.25) is 0 Å². The molecule has 2 rings (SSSR count). The van der Waals surface area contributed by atoms with Crippen LogP contribution in [0.25, 0.3) is 5.69 Å². The van der Waals surface area contributed by atoms with E-state index in [0.717, 1.165) is 17.8 Å². The molecule has 108 valence electrons. The maximum Gasteiger partial charge on any atom is 0.0766 e. The number of aromatic nitrogens is 2. The number of benzene rings is 1. The molecule has 0 radical (unpaired) electrons. The van der Waals surface area contributed by atoms with Crippen LogP contribution < -0.4 is 5.32 Å². The molecule has 0 spiro atoms. The average molecular weight is 273 g/mol. The molecule has 20 heavy (non-hydrogen) atoms. The number of hydrogen-bond acceptors (Lipinski definition) is 3. The Morgan fingerprint density at radius 1 is 1.20 bits per heavy atom. The van der Waals surface area contributed by atoms with Crippen LogP contribution in [0.15, 0.2) is 42.6 Å². The molecule has 1 aromatic heterocycles. The van der Waals surface area contributed by atoms with Crippen LogP contribution in [-0.4, -0.2) is 27.5 Å². The largest absolute Gasteiger partial charge is 0.395 e. The van der Waals surface area contributed by atoms with Crippen LogP contribution in [-0.2, 0) is 6.54 Å². The predicted molar refractivity (Wildman–Crippen MR) is 80.7 cm³/mol. The van der Waals surface area contributed by atoms with Gasteiger partial charge in [0, 0.05) is 18.8 Å². The molecule has 0 aliphatic heterocycles. The fraction of sp³-hybridized carbons (Fsp3) is 0.438. The number of hydrogen-bond donors (Lipinski definition) is 2. The van der Waals surface area contributed by atoms with Gasteiger partial charge in [0.1, 0.15) is 0 Å². The Morgan fingerprint density at radius 3 is 2.60 bits per heavy atom. The summed E-state index contributed by atoms with van der Waals surface area (Å²) in [7, 11) is 0. The van der Waals surface area contributed by atoms with Crippen molar-refractivity contribution in [1.29, 1.82) is 0 Å². The minimum atomic E-state index is 0.136. The number of nitrogens with zero attached hydrogens (tertiary/aromatic N) is 2. The molecule has 4 heteroatoms. The van der Waals surface area contributed by atoms with Gasteiger partial charge in [-0.2, -0.15) is 5.10 Å². The topological polar surface area (TPSA) is 50.1 Å². The van der Waals surface area contributed by atoms with Crippen LogP contribution in [0, 0.1) is 5.92 Å². The van der Waals surface area contributed by atoms with Crippen molar-refractivity contribution in [2.24, 2.45) is 5.92 Å². The molecular weight excluding hydrogens is 250 g/mol. The van der Waals surface area contributed by atoms with Crippen LogP contribution in [0.1, 0.15) is 26.0 Å². The molecule has 2 N–H and O–H groups in total. The van der Waals surface area contributed by atoms with Crippen LogP contribution in [0.3, 0.4) is 0 Å². The fourth-order valence-electron chi connectivity index (χ4n) is 2.22. The number of aliphatic hydroxyl groups is 1. The van der Waals surface area contributed by atoms with Crippen molar-refractivity contribution in [3.8, 4) is 5.69 Å². The monoisotopic (exact) mass is 273 g/mol. The zero-order chi connectivity index (χ0) is 14.4. The van der Waals surface area contributed by atoms with Gasteiger partial charge in [-0.05, 0) is 30.5 Å². The Bertz CT molecular complexity index is 507. The highest BCUT2D eigenvalue weighted by Gasteiger charge is 2.10. The highest BCUT2D eigenvalue weighted by Crippen LogP contribution is 2.08. The molecule has 2 aromatic rings. The number of aliphatic hydroxyl groups excluding tert-OH is 1. The summed E-state index contributed by atoms with van der Waals surface area (Å²) in [4.78, 5) is 0. The fourth-order valence-corrected chi connectivity index (χ4v) is 2.22. The van der Waals surface area contributed by atoms with E-state index in [-0.39, 0.29) is 12.6 Å². The molecule has 0 aliphatic rings. The summed E-state index contributed by atoms with van der Waals surface area (Å²) < 4.78 is 1.87. The molecule has 0 saturated heterocycles. The first kappa shape index (κ1) is 14.8. The second-order valence-electron chi connectivity index (χ2n) is 5.48. The molecule has 1 heterocycles. The molecule has 1 aromatic carbocycles. The van der Waals surface area contributed by atoms with Crippen molar-refractivity contribution in [1.82, 2.24) is 15.1 Å². The van der Waals surface area contributed by atoms with E-state index < -0.39 is 0 Å². The van der Waals surface area contributed by atoms with E-state index in [1.54, 1.807) is 0 Å². The number of para-hydroxylation sites is 1. The van der Waals surface area contributed by atoms with Gasteiger partial charge in [0.25, 0.3) is 0 Å². The second-order valence-corrected chi connectivity index (χ2v) is 5.48. The molecule has 4 nitrogen and oxygen atoms in total. The van der Waals surface area contributed by atoms with Crippen LogP contribution >= 0.6 is 0 Å². The van der Waals surface area contributed by atoms with E-state index in [1.165, 1.54) is 0 Å². The van der Waals surface area contributed by atoms with E-state index in [1.807, 2.05) is 47.3 Å². The molecular formula is C16H23N3O. The Labute approximate surface area is 120 Å². The summed E-state index contributed by atoms with van der Waals surface area (Å²) in [6.07, 6.45) is 2.93. The first-order valence-corrected chi connectivity index (χ1v) is 7.13. The lowest BCUT2D eigenvalue weighted by Crippen LogP contribution is -2.33. The molecule has 0 amide bonds. The van der Waals surface area contributed by atoms with E-state index in [0.29, 0.717) is 12.5 Å². The standard InChI is InChI=1S/C16H23N3O/c1-13(2)10-15(12-20)17-11-14-8-9-19(18-14)16-6-4-3-5-7-16/h3-9,13,15,17,20H,10-12H2,1-2H3. The van der Waals surface area contributed by atoms with Crippen LogP contribution in [0.4, 0.5) is 0 Å². The Balaban J connectivity index is 1.93. The van der Waals surface area contributed by atoms with Crippen molar-refractivity contribution >= 4 is 0 Å². The van der Waals surface area contributed by atoms with Crippen molar-refractivity contribution < 1.29 is 5.11 Å². The van der Waals surface area contributed by atoms with Gasteiger partial charge in [-0.25, -0.2) is 4.68 Å². The van der Waals surface area contributed by atoms with Gasteiger partial charge in [0.05, 0.1) is 18.0 Å². The first-order chi connectivity index (χ1) is 9.69. The third kappa shape index (κ3) is 4.18. The van der Waals surface area contributed by atoms with E-state index >= 15 is 0 Å². The highest BCUT2D eigenvalue weighted by molar-refractivity contribution is 5.30. The molecule has 0 fully saturated rings. The molecule has 1 atom stereocenters. The minimum Gasteiger partial charge on any atom is -0.395 e. The summed E-state index contributed by atoms with van der Waals surface area (Å²) in [5, 5.41) is 17.2. The van der Waals surface area contributed by atoms with Gasteiger partial charge in [0.15, 0.2) is 0 Å². The normalized spacial score (nSPS) is 12.8.